The van der Waals surface area contributed by atoms with E-state index in [-0.39, 0.29) is 80.3 Å². The van der Waals surface area contributed by atoms with Crippen LogP contribution in [-0.4, -0.2) is 84.9 Å². The van der Waals surface area contributed by atoms with Crippen LogP contribution >= 0.6 is 0 Å². The van der Waals surface area contributed by atoms with Crippen LogP contribution in [0, 0.1) is 0 Å². The van der Waals surface area contributed by atoms with Crippen LogP contribution < -0.4 is 9.47 Å². The van der Waals surface area contributed by atoms with Crippen molar-refractivity contribution in [1.82, 2.24) is 9.80 Å². The van der Waals surface area contributed by atoms with Gasteiger partial charge in [-0.2, -0.15) is 0 Å². The number of rotatable bonds is 22. The zero-order chi connectivity index (χ0) is 36.6. The lowest BCUT2D eigenvalue weighted by atomic mass is 9.78. The Labute approximate surface area is 298 Å². The average molecular weight is 703 g/mol. The molecule has 0 radical (unpaired) electrons. The molecule has 4 rings (SSSR count). The Bertz CT molecular complexity index is 1440. The van der Waals surface area contributed by atoms with E-state index in [9.17, 15) is 28.8 Å². The molecule has 2 aliphatic rings. The van der Waals surface area contributed by atoms with Crippen LogP contribution in [0.15, 0.2) is 72.8 Å². The zero-order valence-electron chi connectivity index (χ0n) is 29.3. The molecule has 2 aliphatic heterocycles. The molecule has 0 saturated carbocycles. The Morgan fingerprint density at radius 2 is 0.863 bits per heavy atom. The molecular weight excluding hydrogens is 656 g/mol. The predicted molar refractivity (Wildman–Crippen MR) is 187 cm³/mol. The van der Waals surface area contributed by atoms with Crippen molar-refractivity contribution in [3.63, 3.8) is 0 Å². The van der Waals surface area contributed by atoms with Gasteiger partial charge >= 0.3 is 11.9 Å². The van der Waals surface area contributed by atoms with Gasteiger partial charge in [0, 0.05) is 55.7 Å². The second-order valence-corrected chi connectivity index (χ2v) is 12.8. The molecule has 0 N–H and O–H groups in total. The smallest absolute Gasteiger partial charge is 0.305 e. The summed E-state index contributed by atoms with van der Waals surface area (Å²) in [5.74, 6) is -0.446. The molecule has 2 aromatic carbocycles. The minimum atomic E-state index is -0.308. The van der Waals surface area contributed by atoms with Gasteiger partial charge in [0.25, 0.3) is 23.6 Å². The first-order chi connectivity index (χ1) is 24.5. The molecule has 0 atom stereocenters. The topological polar surface area (TPSA) is 146 Å². The number of carbonyl (C=O) groups is 6. The van der Waals surface area contributed by atoms with Gasteiger partial charge in [0.2, 0.25) is 0 Å². The quantitative estimate of drug-likeness (QED) is 0.0951. The van der Waals surface area contributed by atoms with E-state index in [0.29, 0.717) is 63.1 Å². The number of imide groups is 2. The number of ether oxygens (including phenoxy) is 4. The summed E-state index contributed by atoms with van der Waals surface area (Å²) in [6.07, 6.45) is 9.54. The van der Waals surface area contributed by atoms with Gasteiger partial charge in [0.05, 0.1) is 0 Å². The fraction of sp³-hybridized carbons (Fsp3) is 0.436. The highest BCUT2D eigenvalue weighted by Gasteiger charge is 2.24. The van der Waals surface area contributed by atoms with Crippen molar-refractivity contribution in [3.05, 3.63) is 84.0 Å². The number of amides is 4. The van der Waals surface area contributed by atoms with Crippen LogP contribution in [0.5, 0.6) is 11.5 Å². The largest absolute Gasteiger partial charge is 0.490 e. The van der Waals surface area contributed by atoms with E-state index in [4.69, 9.17) is 18.9 Å². The Kier molecular flexibility index (Phi) is 14.5. The standard InChI is InChI=1S/C39H46N2O10/c1-39(2,29-11-15-31(16-12-29)48-25-27-50-37(46)9-5-3-7-23-40-33(42)19-20-34(40)43)30-13-17-32(18-14-30)49-26-28-51-38(47)10-6-4-8-24-41-35(44)21-22-36(41)45/h11-22H,3-10,23-28H2,1-2H3. The second kappa shape index (κ2) is 19.2. The van der Waals surface area contributed by atoms with Gasteiger partial charge in [-0.3, -0.25) is 38.6 Å². The van der Waals surface area contributed by atoms with Crippen LogP contribution in [0.25, 0.3) is 0 Å². The van der Waals surface area contributed by atoms with E-state index >= 15 is 0 Å². The van der Waals surface area contributed by atoms with E-state index < -0.39 is 0 Å². The van der Waals surface area contributed by atoms with E-state index in [1.54, 1.807) is 0 Å². The molecule has 2 heterocycles. The molecule has 0 fully saturated rings. The minimum Gasteiger partial charge on any atom is -0.490 e. The molecule has 0 saturated heterocycles. The first kappa shape index (κ1) is 38.5. The lowest BCUT2D eigenvalue weighted by Gasteiger charge is -2.26. The van der Waals surface area contributed by atoms with Gasteiger partial charge in [-0.1, -0.05) is 51.0 Å². The molecule has 272 valence electrons. The molecule has 0 spiro atoms. The average Bonchev–Trinajstić information content (AvgIpc) is 3.62. The summed E-state index contributed by atoms with van der Waals surface area (Å²) in [4.78, 5) is 72.6. The molecule has 12 heteroatoms. The first-order valence-electron chi connectivity index (χ1n) is 17.4. The fourth-order valence-corrected chi connectivity index (χ4v) is 5.61. The molecule has 2 aromatic rings. The van der Waals surface area contributed by atoms with E-state index in [1.165, 1.54) is 34.1 Å². The van der Waals surface area contributed by atoms with Gasteiger partial charge in [-0.15, -0.1) is 0 Å². The van der Waals surface area contributed by atoms with Crippen molar-refractivity contribution < 1.29 is 47.7 Å². The SMILES string of the molecule is CC(C)(c1ccc(OCCOC(=O)CCCCCN2C(=O)C=CC2=O)cc1)c1ccc(OCCOC(=O)CCCCCN2C(=O)C=CC2=O)cc1. The first-order valence-corrected chi connectivity index (χ1v) is 17.4. The Morgan fingerprint density at radius 1 is 0.510 bits per heavy atom. The van der Waals surface area contributed by atoms with Gasteiger partial charge in [-0.05, 0) is 61.1 Å². The second-order valence-electron chi connectivity index (χ2n) is 12.8. The highest BCUT2D eigenvalue weighted by Crippen LogP contribution is 2.33. The van der Waals surface area contributed by atoms with Crippen LogP contribution in [0.4, 0.5) is 0 Å². The number of hydrogen-bond donors (Lipinski definition) is 0. The summed E-state index contributed by atoms with van der Waals surface area (Å²) in [6, 6.07) is 15.6. The summed E-state index contributed by atoms with van der Waals surface area (Å²) in [7, 11) is 0. The summed E-state index contributed by atoms with van der Waals surface area (Å²) in [5.41, 5.74) is 1.88. The molecule has 0 aromatic heterocycles. The van der Waals surface area contributed by atoms with Gasteiger partial charge in [-0.25, -0.2) is 0 Å². The van der Waals surface area contributed by atoms with Crippen molar-refractivity contribution in [2.75, 3.05) is 39.5 Å². The highest BCUT2D eigenvalue weighted by atomic mass is 16.6. The molecule has 51 heavy (non-hydrogen) atoms. The van der Waals surface area contributed by atoms with E-state index in [2.05, 4.69) is 13.8 Å². The van der Waals surface area contributed by atoms with Crippen molar-refractivity contribution in [3.8, 4) is 11.5 Å². The van der Waals surface area contributed by atoms with E-state index in [1.807, 2.05) is 48.5 Å². The number of carbonyl (C=O) groups excluding carboxylic acids is 6. The van der Waals surface area contributed by atoms with Crippen LogP contribution in [0.3, 0.4) is 0 Å². The fourth-order valence-electron chi connectivity index (χ4n) is 5.61. The normalized spacial score (nSPS) is 14.1. The van der Waals surface area contributed by atoms with Gasteiger partial charge in [0.15, 0.2) is 0 Å². The lowest BCUT2D eigenvalue weighted by molar-refractivity contribution is -0.145. The number of benzene rings is 2. The number of nitrogens with zero attached hydrogens (tertiary/aromatic N) is 2. The molecule has 0 bridgehead atoms. The van der Waals surface area contributed by atoms with Crippen LogP contribution in [-0.2, 0) is 43.7 Å². The third-order valence-corrected chi connectivity index (χ3v) is 8.71. The van der Waals surface area contributed by atoms with Crippen LogP contribution in [0.2, 0.25) is 0 Å². The lowest BCUT2D eigenvalue weighted by Crippen LogP contribution is -2.30. The van der Waals surface area contributed by atoms with Crippen molar-refractivity contribution >= 4 is 35.6 Å². The van der Waals surface area contributed by atoms with Crippen molar-refractivity contribution in [1.29, 1.82) is 0 Å². The molecular formula is C39H46N2O10. The summed E-state index contributed by atoms with van der Waals surface area (Å²) in [6.45, 7) is 5.70. The van der Waals surface area contributed by atoms with Gasteiger partial charge < -0.3 is 18.9 Å². The third kappa shape index (κ3) is 11.9. The minimum absolute atomic E-state index is 0.137. The summed E-state index contributed by atoms with van der Waals surface area (Å²) >= 11 is 0. The zero-order valence-corrected chi connectivity index (χ0v) is 29.3. The van der Waals surface area contributed by atoms with Crippen molar-refractivity contribution in [2.24, 2.45) is 0 Å². The van der Waals surface area contributed by atoms with Crippen LogP contribution in [0.1, 0.15) is 76.3 Å². The number of esters is 2. The molecule has 0 aliphatic carbocycles. The summed E-state index contributed by atoms with van der Waals surface area (Å²) < 4.78 is 22.0. The number of hydrogen-bond acceptors (Lipinski definition) is 10. The highest BCUT2D eigenvalue weighted by molar-refractivity contribution is 6.13. The molecule has 12 nitrogen and oxygen atoms in total. The maximum absolute atomic E-state index is 12.0. The Balaban J connectivity index is 1.05. The summed E-state index contributed by atoms with van der Waals surface area (Å²) in [5, 5.41) is 0. The third-order valence-electron chi connectivity index (χ3n) is 8.71. The van der Waals surface area contributed by atoms with Gasteiger partial charge in [0.1, 0.15) is 37.9 Å². The maximum Gasteiger partial charge on any atom is 0.305 e. The van der Waals surface area contributed by atoms with E-state index in [0.717, 1.165) is 11.1 Å². The Morgan fingerprint density at radius 3 is 1.22 bits per heavy atom. The molecule has 4 amide bonds. The monoisotopic (exact) mass is 702 g/mol. The Hall–Kier alpha value is -5.26. The maximum atomic E-state index is 12.0. The molecule has 0 unspecified atom stereocenters. The number of unbranched alkanes of at least 4 members (excludes halogenated alkanes) is 4. The predicted octanol–water partition coefficient (Wildman–Crippen LogP) is 4.83. The van der Waals surface area contributed by atoms with Crippen molar-refractivity contribution in [2.45, 2.75) is 70.6 Å².